The van der Waals surface area contributed by atoms with Crippen LogP contribution < -0.4 is 4.74 Å². The second-order valence-electron chi connectivity index (χ2n) is 7.89. The Bertz CT molecular complexity index is 1160. The summed E-state index contributed by atoms with van der Waals surface area (Å²) in [6.07, 6.45) is 5.93. The molecule has 9 heteroatoms. The van der Waals surface area contributed by atoms with Crippen molar-refractivity contribution in [2.24, 2.45) is 10.1 Å². The number of aromatic nitrogens is 1. The van der Waals surface area contributed by atoms with Gasteiger partial charge in [-0.25, -0.2) is 0 Å². The number of rotatable bonds is 5. The third-order valence-electron chi connectivity index (χ3n) is 5.57. The fourth-order valence-electron chi connectivity index (χ4n) is 3.90. The Morgan fingerprint density at radius 1 is 1.19 bits per heavy atom. The Morgan fingerprint density at radius 3 is 2.84 bits per heavy atom. The summed E-state index contributed by atoms with van der Waals surface area (Å²) >= 11 is 1.36. The smallest absolute Gasteiger partial charge is 0.283 e. The van der Waals surface area contributed by atoms with Crippen LogP contribution in [0.15, 0.2) is 58.3 Å². The van der Waals surface area contributed by atoms with E-state index in [1.165, 1.54) is 16.8 Å². The summed E-state index contributed by atoms with van der Waals surface area (Å²) in [7, 11) is 0. The highest BCUT2D eigenvalue weighted by molar-refractivity contribution is 8.26. The zero-order valence-corrected chi connectivity index (χ0v) is 18.6. The van der Waals surface area contributed by atoms with Crippen LogP contribution in [0.1, 0.15) is 24.1 Å². The van der Waals surface area contributed by atoms with Crippen LogP contribution in [0, 0.1) is 12.3 Å². The molecule has 1 fully saturated rings. The molecule has 1 amide bonds. The van der Waals surface area contributed by atoms with E-state index in [4.69, 9.17) is 10.1 Å². The van der Waals surface area contributed by atoms with Crippen molar-refractivity contribution in [2.75, 3.05) is 19.7 Å². The quantitative estimate of drug-likeness (QED) is 0.707. The Balaban J connectivity index is 1.31. The number of hydrogen-bond donors (Lipinski definition) is 1. The molecular weight excluding hydrogens is 424 g/mol. The number of nitrogens with one attached hydrogen (secondary N) is 1. The number of fused-ring (bicyclic) bond motifs is 1. The van der Waals surface area contributed by atoms with Gasteiger partial charge >= 0.3 is 0 Å². The second kappa shape index (κ2) is 8.66. The Hall–Kier alpha value is -3.33. The fourth-order valence-corrected chi connectivity index (χ4v) is 4.84. The fraction of sp³-hybridized carbons (Fsp3) is 0.304. The average Bonchev–Trinajstić information content (AvgIpc) is 3.52. The average molecular weight is 449 g/mol. The highest BCUT2D eigenvalue weighted by Crippen LogP contribution is 2.30. The topological polar surface area (TPSA) is 86.3 Å². The number of ether oxygens (including phenoxy) is 1. The first-order chi connectivity index (χ1) is 15.6. The number of aryl methyl sites for hydroxylation is 1. The van der Waals surface area contributed by atoms with Gasteiger partial charge in [-0.1, -0.05) is 12.1 Å². The van der Waals surface area contributed by atoms with Crippen LogP contribution >= 0.6 is 11.8 Å². The lowest BCUT2D eigenvalue weighted by atomic mass is 10.1. The van der Waals surface area contributed by atoms with Gasteiger partial charge in [0, 0.05) is 25.0 Å². The van der Waals surface area contributed by atoms with Gasteiger partial charge < -0.3 is 14.2 Å². The number of thioether (sulfide) groups is 1. The van der Waals surface area contributed by atoms with Crippen molar-refractivity contribution >= 4 is 39.9 Å². The molecule has 0 bridgehead atoms. The summed E-state index contributed by atoms with van der Waals surface area (Å²) in [6.45, 7) is 5.05. The van der Waals surface area contributed by atoms with Crippen LogP contribution in [-0.2, 0) is 11.3 Å². The van der Waals surface area contributed by atoms with Gasteiger partial charge in [0.2, 0.25) is 5.17 Å². The Morgan fingerprint density at radius 2 is 2.03 bits per heavy atom. The van der Waals surface area contributed by atoms with Gasteiger partial charge in [0.15, 0.2) is 11.0 Å². The second-order valence-corrected chi connectivity index (χ2v) is 8.82. The molecule has 0 unspecified atom stereocenters. The number of benzene rings is 1. The van der Waals surface area contributed by atoms with Crippen molar-refractivity contribution in [2.45, 2.75) is 26.3 Å². The maximum Gasteiger partial charge on any atom is 0.283 e. The van der Waals surface area contributed by atoms with Crippen LogP contribution in [0.2, 0.25) is 0 Å². The van der Waals surface area contributed by atoms with Crippen LogP contribution in [0.4, 0.5) is 0 Å². The van der Waals surface area contributed by atoms with E-state index in [2.05, 4.69) is 15.0 Å². The van der Waals surface area contributed by atoms with Gasteiger partial charge in [-0.3, -0.25) is 10.2 Å². The van der Waals surface area contributed by atoms with Gasteiger partial charge in [-0.2, -0.15) is 10.0 Å². The van der Waals surface area contributed by atoms with Crippen molar-refractivity contribution in [1.29, 1.82) is 5.41 Å². The van der Waals surface area contributed by atoms with E-state index in [1.54, 1.807) is 6.08 Å². The number of amides is 1. The number of hydrogen-bond acceptors (Lipinski definition) is 6. The summed E-state index contributed by atoms with van der Waals surface area (Å²) in [5, 5.41) is 15.9. The largest absolute Gasteiger partial charge is 0.492 e. The van der Waals surface area contributed by atoms with Crippen LogP contribution in [0.3, 0.4) is 0 Å². The highest BCUT2D eigenvalue weighted by Gasteiger charge is 2.37. The SMILES string of the molecule is Cc1cccc(OCCn2cccc2/C=C2\C(=N)N3N=C(N4CCCC4)SC3=NC2=O)c1. The summed E-state index contributed by atoms with van der Waals surface area (Å²) in [5.74, 6) is 0.488. The number of nitrogens with zero attached hydrogens (tertiary/aromatic N) is 5. The number of carbonyl (C=O) groups excluding carboxylic acids is 1. The maximum absolute atomic E-state index is 12.7. The van der Waals surface area contributed by atoms with E-state index in [0.717, 1.165) is 48.1 Å². The van der Waals surface area contributed by atoms with Crippen molar-refractivity contribution in [1.82, 2.24) is 14.5 Å². The van der Waals surface area contributed by atoms with Crippen molar-refractivity contribution in [3.8, 4) is 5.75 Å². The number of amidine groups is 3. The lowest BCUT2D eigenvalue weighted by Crippen LogP contribution is -2.35. The molecule has 0 radical (unpaired) electrons. The zero-order valence-electron chi connectivity index (χ0n) is 17.8. The van der Waals surface area contributed by atoms with Gasteiger partial charge in [-0.05, 0) is 67.4 Å². The van der Waals surface area contributed by atoms with Crippen LogP contribution in [0.25, 0.3) is 6.08 Å². The van der Waals surface area contributed by atoms with Crippen molar-refractivity contribution in [3.05, 3.63) is 59.4 Å². The van der Waals surface area contributed by atoms with Gasteiger partial charge in [-0.15, -0.1) is 5.10 Å². The maximum atomic E-state index is 12.7. The normalized spacial score (nSPS) is 19.5. The molecule has 1 aromatic heterocycles. The van der Waals surface area contributed by atoms with Crippen LogP contribution in [-0.4, -0.2) is 56.3 Å². The summed E-state index contributed by atoms with van der Waals surface area (Å²) in [6, 6.07) is 11.8. The number of hydrazone groups is 1. The first-order valence-corrected chi connectivity index (χ1v) is 11.5. The van der Waals surface area contributed by atoms with Crippen molar-refractivity contribution in [3.63, 3.8) is 0 Å². The predicted octanol–water partition coefficient (Wildman–Crippen LogP) is 3.55. The molecule has 8 nitrogen and oxygen atoms in total. The number of aliphatic imine (C=N–C) groups is 1. The van der Waals surface area contributed by atoms with Crippen LogP contribution in [0.5, 0.6) is 5.75 Å². The minimum absolute atomic E-state index is 0.0606. The lowest BCUT2D eigenvalue weighted by Gasteiger charge is -2.20. The third-order valence-corrected chi connectivity index (χ3v) is 6.54. The molecule has 3 aliphatic rings. The molecule has 0 atom stereocenters. The van der Waals surface area contributed by atoms with E-state index in [-0.39, 0.29) is 11.4 Å². The first kappa shape index (κ1) is 20.6. The molecule has 0 saturated carbocycles. The van der Waals surface area contributed by atoms with Gasteiger partial charge in [0.1, 0.15) is 12.4 Å². The number of carbonyl (C=O) groups is 1. The zero-order chi connectivity index (χ0) is 22.1. The minimum atomic E-state index is -0.407. The summed E-state index contributed by atoms with van der Waals surface area (Å²) in [4.78, 5) is 19.1. The molecular formula is C23H24N6O2S. The van der Waals surface area contributed by atoms with E-state index >= 15 is 0 Å². The first-order valence-electron chi connectivity index (χ1n) is 10.7. The summed E-state index contributed by atoms with van der Waals surface area (Å²) < 4.78 is 7.86. The molecule has 32 heavy (non-hydrogen) atoms. The molecule has 4 heterocycles. The standard InChI is InChI=1S/C23H24N6O2S/c1-16-6-4-8-18(14-16)31-13-12-27-11-5-7-17(27)15-19-20(24)29-22(25-21(19)30)32-23(26-29)28-9-2-3-10-28/h4-8,11,14-15,24H,2-3,9-10,12-13H2,1H3/b19-15+,24-20?. The third kappa shape index (κ3) is 4.08. The van der Waals surface area contributed by atoms with Gasteiger partial charge in [0.05, 0.1) is 12.1 Å². The van der Waals surface area contributed by atoms with E-state index in [1.807, 2.05) is 54.1 Å². The van der Waals surface area contributed by atoms with E-state index in [0.29, 0.717) is 18.3 Å². The summed E-state index contributed by atoms with van der Waals surface area (Å²) in [5.41, 5.74) is 2.21. The predicted molar refractivity (Wildman–Crippen MR) is 127 cm³/mol. The van der Waals surface area contributed by atoms with Gasteiger partial charge in [0.25, 0.3) is 5.91 Å². The Kier molecular flexibility index (Phi) is 5.57. The molecule has 1 N–H and O–H groups in total. The monoisotopic (exact) mass is 448 g/mol. The molecule has 3 aliphatic heterocycles. The molecule has 1 aromatic carbocycles. The highest BCUT2D eigenvalue weighted by atomic mass is 32.2. The molecule has 164 valence electrons. The van der Waals surface area contributed by atoms with E-state index < -0.39 is 5.91 Å². The minimum Gasteiger partial charge on any atom is -0.492 e. The number of likely N-dealkylation sites (tertiary alicyclic amines) is 1. The molecule has 0 spiro atoms. The molecule has 2 aromatic rings. The Labute approximate surface area is 190 Å². The van der Waals surface area contributed by atoms with Crippen molar-refractivity contribution < 1.29 is 9.53 Å². The molecule has 5 rings (SSSR count). The molecule has 0 aliphatic carbocycles. The van der Waals surface area contributed by atoms with E-state index in [9.17, 15) is 4.79 Å². The lowest BCUT2D eigenvalue weighted by molar-refractivity contribution is -0.114. The molecule has 1 saturated heterocycles.